The fourth-order valence-electron chi connectivity index (χ4n) is 3.44. The molecular formula is C21H30N4O2. The van der Waals surface area contributed by atoms with E-state index in [1.807, 2.05) is 24.3 Å². The van der Waals surface area contributed by atoms with Gasteiger partial charge in [0.2, 0.25) is 5.95 Å². The minimum Gasteiger partial charge on any atom is -0.496 e. The van der Waals surface area contributed by atoms with Gasteiger partial charge in [-0.05, 0) is 49.9 Å². The van der Waals surface area contributed by atoms with Gasteiger partial charge in [-0.1, -0.05) is 13.0 Å². The molecule has 1 aromatic carbocycles. The predicted octanol–water partition coefficient (Wildman–Crippen LogP) is 2.92. The van der Waals surface area contributed by atoms with E-state index in [-0.39, 0.29) is 0 Å². The fourth-order valence-corrected chi connectivity index (χ4v) is 3.44. The zero-order valence-electron chi connectivity index (χ0n) is 16.3. The molecule has 4 rings (SSSR count). The van der Waals surface area contributed by atoms with E-state index in [1.165, 1.54) is 12.8 Å². The number of ether oxygens (including phenoxy) is 2. The summed E-state index contributed by atoms with van der Waals surface area (Å²) in [6.07, 6.45) is 7.09. The predicted molar refractivity (Wildman–Crippen MR) is 107 cm³/mol. The van der Waals surface area contributed by atoms with Crippen LogP contribution in [0, 0.1) is 11.8 Å². The standard InChI is InChI=1S/C11H15NO2.C10H15N3/c1-13-10-3-2-4-11-9(10)5-8(6-12)7-14-11;1-9-3-7-13(8-4-9)10-11-5-2-6-12-10/h2-4,8H,5-7,12H2,1H3;2,5-6,9H,3-4,7-8H2,1H3. The summed E-state index contributed by atoms with van der Waals surface area (Å²) >= 11 is 0. The Balaban J connectivity index is 0.000000156. The van der Waals surface area contributed by atoms with Crippen LogP contribution in [0.15, 0.2) is 36.7 Å². The van der Waals surface area contributed by atoms with Crippen LogP contribution >= 0.6 is 0 Å². The van der Waals surface area contributed by atoms with Gasteiger partial charge in [-0.15, -0.1) is 0 Å². The first kappa shape index (κ1) is 19.4. The van der Waals surface area contributed by atoms with E-state index >= 15 is 0 Å². The van der Waals surface area contributed by atoms with Crippen molar-refractivity contribution in [3.05, 3.63) is 42.2 Å². The molecule has 1 aromatic heterocycles. The molecule has 27 heavy (non-hydrogen) atoms. The first-order valence-corrected chi connectivity index (χ1v) is 9.72. The zero-order chi connectivity index (χ0) is 19.1. The monoisotopic (exact) mass is 370 g/mol. The van der Waals surface area contributed by atoms with Gasteiger partial charge in [0.1, 0.15) is 11.5 Å². The van der Waals surface area contributed by atoms with Gasteiger partial charge in [0.05, 0.1) is 13.7 Å². The molecule has 6 heteroatoms. The lowest BCUT2D eigenvalue weighted by atomic mass is 9.96. The number of rotatable bonds is 3. The van der Waals surface area contributed by atoms with E-state index < -0.39 is 0 Å². The summed E-state index contributed by atoms with van der Waals surface area (Å²) < 4.78 is 10.9. The van der Waals surface area contributed by atoms with Crippen molar-refractivity contribution in [3.8, 4) is 11.5 Å². The molecule has 2 aromatic rings. The van der Waals surface area contributed by atoms with Crippen LogP contribution in [0.2, 0.25) is 0 Å². The van der Waals surface area contributed by atoms with E-state index in [9.17, 15) is 0 Å². The van der Waals surface area contributed by atoms with Gasteiger partial charge in [0, 0.05) is 37.0 Å². The summed E-state index contributed by atoms with van der Waals surface area (Å²) in [6.45, 7) is 5.90. The Morgan fingerprint density at radius 1 is 1.19 bits per heavy atom. The van der Waals surface area contributed by atoms with Crippen LogP contribution in [0.1, 0.15) is 25.3 Å². The normalized spacial score (nSPS) is 19.4. The largest absolute Gasteiger partial charge is 0.496 e. The topological polar surface area (TPSA) is 73.5 Å². The Kier molecular flexibility index (Phi) is 6.87. The summed E-state index contributed by atoms with van der Waals surface area (Å²) in [7, 11) is 1.68. The number of hydrogen-bond donors (Lipinski definition) is 1. The van der Waals surface area contributed by atoms with Crippen molar-refractivity contribution < 1.29 is 9.47 Å². The highest BCUT2D eigenvalue weighted by atomic mass is 16.5. The number of piperidine rings is 1. The maximum atomic E-state index is 5.63. The Labute approximate surface area is 161 Å². The summed E-state index contributed by atoms with van der Waals surface area (Å²) in [5, 5.41) is 0. The van der Waals surface area contributed by atoms with E-state index in [2.05, 4.69) is 21.8 Å². The van der Waals surface area contributed by atoms with Crippen molar-refractivity contribution >= 4 is 5.95 Å². The maximum absolute atomic E-state index is 5.63. The Bertz CT molecular complexity index is 688. The summed E-state index contributed by atoms with van der Waals surface area (Å²) in [5.74, 6) is 4.00. The average molecular weight is 370 g/mol. The molecule has 0 amide bonds. The second kappa shape index (κ2) is 9.55. The Morgan fingerprint density at radius 2 is 1.93 bits per heavy atom. The molecule has 0 saturated carbocycles. The smallest absolute Gasteiger partial charge is 0.225 e. The van der Waals surface area contributed by atoms with Crippen LogP contribution in [0.5, 0.6) is 11.5 Å². The highest BCUT2D eigenvalue weighted by molar-refractivity contribution is 5.46. The molecule has 1 unspecified atom stereocenters. The number of anilines is 1. The Morgan fingerprint density at radius 3 is 2.59 bits per heavy atom. The van der Waals surface area contributed by atoms with E-state index in [0.717, 1.165) is 55.0 Å². The van der Waals surface area contributed by atoms with Crippen molar-refractivity contribution in [2.45, 2.75) is 26.2 Å². The molecule has 0 radical (unpaired) electrons. The minimum absolute atomic E-state index is 0.416. The second-order valence-electron chi connectivity index (χ2n) is 7.27. The first-order chi connectivity index (χ1) is 13.2. The van der Waals surface area contributed by atoms with Crippen LogP contribution in [-0.4, -0.2) is 43.3 Å². The van der Waals surface area contributed by atoms with Crippen LogP contribution in [-0.2, 0) is 6.42 Å². The van der Waals surface area contributed by atoms with Gasteiger partial charge >= 0.3 is 0 Å². The number of benzene rings is 1. The van der Waals surface area contributed by atoms with Crippen molar-refractivity contribution in [1.82, 2.24) is 9.97 Å². The molecule has 2 aliphatic rings. The van der Waals surface area contributed by atoms with E-state index in [0.29, 0.717) is 12.5 Å². The zero-order valence-corrected chi connectivity index (χ0v) is 16.3. The molecule has 1 fully saturated rings. The lowest BCUT2D eigenvalue weighted by Gasteiger charge is -2.29. The summed E-state index contributed by atoms with van der Waals surface area (Å²) in [5.41, 5.74) is 6.78. The molecule has 1 atom stereocenters. The molecule has 2 aliphatic heterocycles. The number of hydrogen-bond acceptors (Lipinski definition) is 6. The second-order valence-corrected chi connectivity index (χ2v) is 7.27. The van der Waals surface area contributed by atoms with E-state index in [1.54, 1.807) is 19.5 Å². The molecular weight excluding hydrogens is 340 g/mol. The highest BCUT2D eigenvalue weighted by Crippen LogP contribution is 2.33. The van der Waals surface area contributed by atoms with Crippen molar-refractivity contribution in [2.75, 3.05) is 38.3 Å². The molecule has 146 valence electrons. The third kappa shape index (κ3) is 5.10. The van der Waals surface area contributed by atoms with Crippen LogP contribution in [0.3, 0.4) is 0 Å². The molecule has 1 saturated heterocycles. The molecule has 6 nitrogen and oxygen atoms in total. The van der Waals surface area contributed by atoms with Crippen LogP contribution < -0.4 is 20.1 Å². The third-order valence-corrected chi connectivity index (χ3v) is 5.23. The SMILES string of the molecule is CC1CCN(c2ncccn2)CC1.COc1cccc2c1CC(CN)CO2. The lowest BCUT2D eigenvalue weighted by Crippen LogP contribution is -2.33. The molecule has 3 heterocycles. The van der Waals surface area contributed by atoms with Gasteiger partial charge in [0.15, 0.2) is 0 Å². The van der Waals surface area contributed by atoms with Gasteiger partial charge < -0.3 is 20.1 Å². The summed E-state index contributed by atoms with van der Waals surface area (Å²) in [4.78, 5) is 10.7. The quantitative estimate of drug-likeness (QED) is 0.895. The van der Waals surface area contributed by atoms with Crippen molar-refractivity contribution in [3.63, 3.8) is 0 Å². The van der Waals surface area contributed by atoms with Gasteiger partial charge in [-0.3, -0.25) is 0 Å². The van der Waals surface area contributed by atoms with Crippen molar-refractivity contribution in [1.29, 1.82) is 0 Å². The van der Waals surface area contributed by atoms with Crippen LogP contribution in [0.25, 0.3) is 0 Å². The third-order valence-electron chi connectivity index (χ3n) is 5.23. The molecule has 0 aliphatic carbocycles. The first-order valence-electron chi connectivity index (χ1n) is 9.72. The lowest BCUT2D eigenvalue weighted by molar-refractivity contribution is 0.222. The molecule has 0 spiro atoms. The highest BCUT2D eigenvalue weighted by Gasteiger charge is 2.21. The molecule has 0 bridgehead atoms. The molecule has 2 N–H and O–H groups in total. The maximum Gasteiger partial charge on any atom is 0.225 e. The fraction of sp³-hybridized carbons (Fsp3) is 0.524. The number of nitrogens with zero attached hydrogens (tertiary/aromatic N) is 3. The Hall–Kier alpha value is -2.34. The van der Waals surface area contributed by atoms with Crippen LogP contribution in [0.4, 0.5) is 5.95 Å². The average Bonchev–Trinajstić information content (AvgIpc) is 2.74. The van der Waals surface area contributed by atoms with Gasteiger partial charge in [-0.2, -0.15) is 0 Å². The van der Waals surface area contributed by atoms with Crippen molar-refractivity contribution in [2.24, 2.45) is 17.6 Å². The number of aromatic nitrogens is 2. The number of nitrogens with two attached hydrogens (primary N) is 1. The number of fused-ring (bicyclic) bond motifs is 1. The summed E-state index contributed by atoms with van der Waals surface area (Å²) in [6, 6.07) is 7.74. The minimum atomic E-state index is 0.416. The van der Waals surface area contributed by atoms with E-state index in [4.69, 9.17) is 15.2 Å². The number of methoxy groups -OCH3 is 1. The van der Waals surface area contributed by atoms with Gasteiger partial charge in [0.25, 0.3) is 0 Å². The van der Waals surface area contributed by atoms with Gasteiger partial charge in [-0.25, -0.2) is 9.97 Å².